The first-order chi connectivity index (χ1) is 25.7. The summed E-state index contributed by atoms with van der Waals surface area (Å²) in [6.07, 6.45) is 18.7. The highest BCUT2D eigenvalue weighted by Gasteiger charge is 2.17. The molecular formula is C48H50S4. The van der Waals surface area contributed by atoms with E-state index in [9.17, 15) is 0 Å². The van der Waals surface area contributed by atoms with Crippen LogP contribution in [0.3, 0.4) is 0 Å². The van der Waals surface area contributed by atoms with E-state index in [0.717, 1.165) is 0 Å². The molecule has 0 saturated heterocycles. The molecule has 0 aliphatic heterocycles. The minimum Gasteiger partial charge on any atom is -0.139 e. The Morgan fingerprint density at radius 3 is 1.15 bits per heavy atom. The van der Waals surface area contributed by atoms with Gasteiger partial charge in [-0.05, 0) is 118 Å². The molecule has 8 aromatic rings. The Kier molecular flexibility index (Phi) is 11.6. The number of aryl methyl sites for hydroxylation is 2. The summed E-state index contributed by atoms with van der Waals surface area (Å²) in [6, 6.07) is 37.6. The van der Waals surface area contributed by atoms with E-state index in [2.05, 4.69) is 111 Å². The second kappa shape index (κ2) is 16.8. The average Bonchev–Trinajstić information content (AvgIpc) is 4.01. The monoisotopic (exact) mass is 754 g/mol. The van der Waals surface area contributed by atoms with E-state index in [-0.39, 0.29) is 0 Å². The molecule has 0 radical (unpaired) electrons. The van der Waals surface area contributed by atoms with E-state index in [1.807, 2.05) is 45.3 Å². The van der Waals surface area contributed by atoms with E-state index in [4.69, 9.17) is 0 Å². The molecule has 0 amide bonds. The van der Waals surface area contributed by atoms with Crippen molar-refractivity contribution in [2.45, 2.75) is 104 Å². The summed E-state index contributed by atoms with van der Waals surface area (Å²) in [5, 5.41) is 8.17. The third-order valence-electron chi connectivity index (χ3n) is 10.8. The van der Waals surface area contributed by atoms with Gasteiger partial charge in [0.25, 0.3) is 0 Å². The molecule has 0 nitrogen and oxygen atoms in total. The minimum absolute atomic E-state index is 1.22. The molecule has 266 valence electrons. The van der Waals surface area contributed by atoms with Crippen molar-refractivity contribution in [1.29, 1.82) is 0 Å². The summed E-state index contributed by atoms with van der Waals surface area (Å²) < 4.78 is 0. The first kappa shape index (κ1) is 35.7. The van der Waals surface area contributed by atoms with Crippen molar-refractivity contribution in [2.75, 3.05) is 0 Å². The lowest BCUT2D eigenvalue weighted by molar-refractivity contribution is 0.609. The summed E-state index contributed by atoms with van der Waals surface area (Å²) in [5.41, 5.74) is 2.69. The fourth-order valence-electron chi connectivity index (χ4n) is 7.91. The average molecular weight is 755 g/mol. The predicted octanol–water partition coefficient (Wildman–Crippen LogP) is 17.3. The van der Waals surface area contributed by atoms with Gasteiger partial charge in [0.15, 0.2) is 0 Å². The molecule has 0 fully saturated rings. The fraction of sp³-hybridized carbons (Fsp3) is 0.333. The first-order valence-electron chi connectivity index (χ1n) is 19.8. The maximum absolute atomic E-state index is 2.37. The van der Waals surface area contributed by atoms with Gasteiger partial charge in [0.1, 0.15) is 0 Å². The third-order valence-corrected chi connectivity index (χ3v) is 15.7. The molecule has 4 aromatic heterocycles. The van der Waals surface area contributed by atoms with Gasteiger partial charge in [0.2, 0.25) is 0 Å². The predicted molar refractivity (Wildman–Crippen MR) is 238 cm³/mol. The quantitative estimate of drug-likeness (QED) is 0.0604. The number of unbranched alkanes of at least 4 members (excludes halogenated alkanes) is 10. The molecule has 4 heterocycles. The Morgan fingerprint density at radius 2 is 0.692 bits per heavy atom. The zero-order chi connectivity index (χ0) is 35.3. The standard InChI is InChI=1S/C48H50S4/c1-3-5-7-9-11-13-15-35-21-27-43(49-35)45-31-29-41(51-45)37-23-17-33-20-26-40-38(24-18-34-19-25-39(37)47(33)48(34)40)42-30-32-46(52-42)44-28-22-36(50-44)16-14-12-10-8-6-4-2/h17-32H,3-16H2,1-2H3. The van der Waals surface area contributed by atoms with E-state index in [1.54, 1.807) is 0 Å². The van der Waals surface area contributed by atoms with Crippen LogP contribution in [0.2, 0.25) is 0 Å². The van der Waals surface area contributed by atoms with Crippen LogP contribution in [0.1, 0.15) is 101 Å². The molecule has 8 rings (SSSR count). The Labute approximate surface area is 326 Å². The third kappa shape index (κ3) is 7.69. The molecule has 52 heavy (non-hydrogen) atoms. The minimum atomic E-state index is 1.22. The van der Waals surface area contributed by atoms with Gasteiger partial charge >= 0.3 is 0 Å². The van der Waals surface area contributed by atoms with Crippen LogP contribution in [0.15, 0.2) is 97.1 Å². The van der Waals surface area contributed by atoms with Crippen molar-refractivity contribution in [1.82, 2.24) is 0 Å². The van der Waals surface area contributed by atoms with E-state index >= 15 is 0 Å². The van der Waals surface area contributed by atoms with Gasteiger partial charge in [0.05, 0.1) is 0 Å². The maximum atomic E-state index is 2.37. The molecule has 0 saturated carbocycles. The van der Waals surface area contributed by atoms with Gasteiger partial charge in [-0.1, -0.05) is 127 Å². The molecular weight excluding hydrogens is 705 g/mol. The van der Waals surface area contributed by atoms with Crippen molar-refractivity contribution >= 4 is 77.7 Å². The van der Waals surface area contributed by atoms with Gasteiger partial charge in [-0.3, -0.25) is 0 Å². The smallest absolute Gasteiger partial charge is 0.0449 e. The first-order valence-corrected chi connectivity index (χ1v) is 23.1. The van der Waals surface area contributed by atoms with Crippen LogP contribution >= 0.6 is 45.3 Å². The number of benzene rings is 4. The fourth-order valence-corrected chi connectivity index (χ4v) is 12.3. The highest BCUT2D eigenvalue weighted by Crippen LogP contribution is 2.46. The van der Waals surface area contributed by atoms with Crippen LogP contribution in [0.5, 0.6) is 0 Å². The van der Waals surface area contributed by atoms with Gasteiger partial charge < -0.3 is 0 Å². The Hall–Kier alpha value is -3.28. The lowest BCUT2D eigenvalue weighted by Gasteiger charge is -2.15. The van der Waals surface area contributed by atoms with Crippen molar-refractivity contribution in [3.05, 3.63) is 107 Å². The van der Waals surface area contributed by atoms with Crippen molar-refractivity contribution in [2.24, 2.45) is 0 Å². The van der Waals surface area contributed by atoms with Gasteiger partial charge in [-0.2, -0.15) is 0 Å². The Bertz CT molecular complexity index is 2190. The number of rotatable bonds is 18. The van der Waals surface area contributed by atoms with Crippen LogP contribution in [-0.2, 0) is 12.8 Å². The maximum Gasteiger partial charge on any atom is 0.0449 e. The van der Waals surface area contributed by atoms with Gasteiger partial charge in [0, 0.05) is 39.0 Å². The molecule has 0 unspecified atom stereocenters. The van der Waals surface area contributed by atoms with E-state index in [0.29, 0.717) is 0 Å². The van der Waals surface area contributed by atoms with Crippen LogP contribution in [0.25, 0.3) is 72.7 Å². The van der Waals surface area contributed by atoms with Crippen molar-refractivity contribution < 1.29 is 0 Å². The highest BCUT2D eigenvalue weighted by molar-refractivity contribution is 7.24. The zero-order valence-electron chi connectivity index (χ0n) is 30.8. The molecule has 0 spiro atoms. The van der Waals surface area contributed by atoms with Crippen LogP contribution in [-0.4, -0.2) is 0 Å². The lowest BCUT2D eigenvalue weighted by atomic mass is 9.89. The van der Waals surface area contributed by atoms with Gasteiger partial charge in [-0.15, -0.1) is 45.3 Å². The largest absolute Gasteiger partial charge is 0.139 e. The SMILES string of the molecule is CCCCCCCCc1ccc(-c2ccc(-c3ccc4ccc5c(-c6ccc(-c7ccc(CCCCCCCC)s7)s6)ccc6ccc3c4c65)s2)s1. The molecule has 0 N–H and O–H groups in total. The van der Waals surface area contributed by atoms with Crippen LogP contribution in [0, 0.1) is 0 Å². The summed E-state index contributed by atoms with van der Waals surface area (Å²) >= 11 is 7.87. The zero-order valence-corrected chi connectivity index (χ0v) is 34.0. The normalized spacial score (nSPS) is 12.0. The summed E-state index contributed by atoms with van der Waals surface area (Å²) in [5.74, 6) is 0. The Morgan fingerprint density at radius 1 is 0.327 bits per heavy atom. The summed E-state index contributed by atoms with van der Waals surface area (Å²) in [6.45, 7) is 4.59. The summed E-state index contributed by atoms with van der Waals surface area (Å²) in [4.78, 5) is 11.4. The van der Waals surface area contributed by atoms with Crippen LogP contribution in [0.4, 0.5) is 0 Å². The van der Waals surface area contributed by atoms with Crippen molar-refractivity contribution in [3.63, 3.8) is 0 Å². The summed E-state index contributed by atoms with van der Waals surface area (Å²) in [7, 11) is 0. The highest BCUT2D eigenvalue weighted by atomic mass is 32.1. The molecule has 0 atom stereocenters. The topological polar surface area (TPSA) is 0 Å². The number of thiophene rings is 4. The van der Waals surface area contributed by atoms with Crippen molar-refractivity contribution in [3.8, 4) is 40.4 Å². The molecule has 0 aliphatic rings. The number of hydrogen-bond donors (Lipinski definition) is 0. The molecule has 4 aromatic carbocycles. The molecule has 4 heteroatoms. The molecule has 0 bridgehead atoms. The van der Waals surface area contributed by atoms with E-state index < -0.39 is 0 Å². The lowest BCUT2D eigenvalue weighted by Crippen LogP contribution is -1.87. The Balaban J connectivity index is 1.03. The second-order valence-corrected chi connectivity index (χ2v) is 19.0. The van der Waals surface area contributed by atoms with Gasteiger partial charge in [-0.25, -0.2) is 0 Å². The van der Waals surface area contributed by atoms with Crippen LogP contribution < -0.4 is 0 Å². The molecule has 0 aliphatic carbocycles. The second-order valence-electron chi connectivity index (χ2n) is 14.5. The van der Waals surface area contributed by atoms with E-state index in [1.165, 1.54) is 172 Å². The number of hydrogen-bond acceptors (Lipinski definition) is 4.